The van der Waals surface area contributed by atoms with Gasteiger partial charge >= 0.3 is 0 Å². The normalized spacial score (nSPS) is 19.4. The molecular formula is C17H26N2O4. The molecule has 1 aromatic heterocycles. The molecule has 0 bridgehead atoms. The molecule has 0 aliphatic carbocycles. The highest BCUT2D eigenvalue weighted by Crippen LogP contribution is 2.21. The minimum Gasteiger partial charge on any atom is -0.490 e. The summed E-state index contributed by atoms with van der Waals surface area (Å²) in [6.45, 7) is 7.18. The average molecular weight is 322 g/mol. The van der Waals surface area contributed by atoms with Gasteiger partial charge in [-0.1, -0.05) is 6.42 Å². The van der Waals surface area contributed by atoms with Crippen molar-refractivity contribution < 1.29 is 13.9 Å². The number of rotatable bonds is 4. The van der Waals surface area contributed by atoms with Crippen LogP contribution in [0, 0.1) is 0 Å². The molecule has 1 aliphatic heterocycles. The zero-order chi connectivity index (χ0) is 17.0. The first-order valence-electron chi connectivity index (χ1n) is 8.02. The molecule has 1 amide bonds. The van der Waals surface area contributed by atoms with Crippen molar-refractivity contribution in [2.24, 2.45) is 0 Å². The molecule has 1 N–H and O–H groups in total. The molecule has 0 radical (unpaired) electrons. The molecule has 6 nitrogen and oxygen atoms in total. The zero-order valence-electron chi connectivity index (χ0n) is 14.3. The van der Waals surface area contributed by atoms with Crippen LogP contribution in [0.5, 0.6) is 5.75 Å². The molecule has 6 heteroatoms. The van der Waals surface area contributed by atoms with Gasteiger partial charge < -0.3 is 14.5 Å². The maximum atomic E-state index is 12.5. The molecule has 0 spiro atoms. The Hall–Kier alpha value is -1.82. The topological polar surface area (TPSA) is 71.8 Å². The second-order valence-corrected chi connectivity index (χ2v) is 7.00. The van der Waals surface area contributed by atoms with Crippen LogP contribution in [0.25, 0.3) is 0 Å². The Morgan fingerprint density at radius 1 is 1.43 bits per heavy atom. The summed E-state index contributed by atoms with van der Waals surface area (Å²) in [6.07, 6.45) is 4.22. The van der Waals surface area contributed by atoms with Crippen LogP contribution in [-0.4, -0.2) is 36.0 Å². The molecular weight excluding hydrogens is 296 g/mol. The van der Waals surface area contributed by atoms with E-state index in [1.54, 1.807) is 0 Å². The lowest BCUT2D eigenvalue weighted by atomic mass is 9.99. The van der Waals surface area contributed by atoms with Crippen molar-refractivity contribution in [3.8, 4) is 5.75 Å². The van der Waals surface area contributed by atoms with Crippen LogP contribution in [-0.2, 0) is 11.3 Å². The Balaban J connectivity index is 2.11. The maximum Gasteiger partial charge on any atom is 0.237 e. The van der Waals surface area contributed by atoms with Crippen molar-refractivity contribution in [3.05, 3.63) is 28.3 Å². The second-order valence-electron chi connectivity index (χ2n) is 7.00. The monoisotopic (exact) mass is 322 g/mol. The average Bonchev–Trinajstić information content (AvgIpc) is 2.46. The molecule has 0 saturated carbocycles. The van der Waals surface area contributed by atoms with Crippen molar-refractivity contribution in [1.29, 1.82) is 0 Å². The summed E-state index contributed by atoms with van der Waals surface area (Å²) in [5.41, 5.74) is -0.464. The highest BCUT2D eigenvalue weighted by atomic mass is 16.5. The van der Waals surface area contributed by atoms with Gasteiger partial charge in [-0.15, -0.1) is 0 Å². The van der Waals surface area contributed by atoms with Crippen molar-refractivity contribution >= 4 is 5.91 Å². The van der Waals surface area contributed by atoms with Crippen LogP contribution in [0.3, 0.4) is 0 Å². The number of carbonyl (C=O) groups excluding carboxylic acids is 1. The van der Waals surface area contributed by atoms with Crippen molar-refractivity contribution in [1.82, 2.24) is 10.2 Å². The maximum absolute atomic E-state index is 12.5. The van der Waals surface area contributed by atoms with Gasteiger partial charge in [-0.25, -0.2) is 0 Å². The van der Waals surface area contributed by atoms with Gasteiger partial charge in [-0.2, -0.15) is 0 Å². The summed E-state index contributed by atoms with van der Waals surface area (Å²) in [5.74, 6) is 0.772. The van der Waals surface area contributed by atoms with Crippen LogP contribution >= 0.6 is 0 Å². The summed E-state index contributed by atoms with van der Waals surface area (Å²) in [5, 5.41) is 3.04. The van der Waals surface area contributed by atoms with Crippen molar-refractivity contribution in [2.45, 2.75) is 58.2 Å². The quantitative estimate of drug-likeness (QED) is 0.917. The summed E-state index contributed by atoms with van der Waals surface area (Å²) >= 11 is 0. The van der Waals surface area contributed by atoms with Gasteiger partial charge in [0.1, 0.15) is 12.0 Å². The lowest BCUT2D eigenvalue weighted by Gasteiger charge is -2.36. The number of hydrogen-bond acceptors (Lipinski definition) is 5. The van der Waals surface area contributed by atoms with E-state index in [0.29, 0.717) is 12.3 Å². The van der Waals surface area contributed by atoms with Gasteiger partial charge in [0.05, 0.1) is 19.7 Å². The number of methoxy groups -OCH3 is 1. The van der Waals surface area contributed by atoms with Crippen LogP contribution < -0.4 is 15.5 Å². The Bertz CT molecular complexity index is 603. The van der Waals surface area contributed by atoms with Crippen LogP contribution in [0.15, 0.2) is 21.5 Å². The third-order valence-electron chi connectivity index (χ3n) is 3.85. The summed E-state index contributed by atoms with van der Waals surface area (Å²) in [7, 11) is 1.43. The Morgan fingerprint density at radius 2 is 2.17 bits per heavy atom. The predicted molar refractivity (Wildman–Crippen MR) is 87.5 cm³/mol. The number of amides is 1. The van der Waals surface area contributed by atoms with Crippen molar-refractivity contribution in [3.63, 3.8) is 0 Å². The molecule has 1 aliphatic rings. The van der Waals surface area contributed by atoms with E-state index in [9.17, 15) is 9.59 Å². The van der Waals surface area contributed by atoms with Crippen molar-refractivity contribution in [2.75, 3.05) is 13.7 Å². The third kappa shape index (κ3) is 4.82. The van der Waals surface area contributed by atoms with Gasteiger partial charge in [-0.3, -0.25) is 14.5 Å². The molecule has 23 heavy (non-hydrogen) atoms. The number of hydrogen-bond donors (Lipinski definition) is 1. The molecule has 0 unspecified atom stereocenters. The Morgan fingerprint density at radius 3 is 2.78 bits per heavy atom. The van der Waals surface area contributed by atoms with Crippen LogP contribution in [0.4, 0.5) is 0 Å². The third-order valence-corrected chi connectivity index (χ3v) is 3.85. The largest absolute Gasteiger partial charge is 0.490 e. The van der Waals surface area contributed by atoms with Crippen LogP contribution in [0.2, 0.25) is 0 Å². The molecule has 1 saturated heterocycles. The Labute approximate surface area is 136 Å². The fourth-order valence-corrected chi connectivity index (χ4v) is 2.80. The van der Waals surface area contributed by atoms with E-state index in [4.69, 9.17) is 9.15 Å². The fourth-order valence-electron chi connectivity index (χ4n) is 2.80. The standard InChI is InChI=1S/C17H26N2O4/c1-17(2,3)18-16(21)13-7-5-6-8-19(13)10-12-9-14(20)15(22-4)11-23-12/h9,11,13H,5-8,10H2,1-4H3,(H,18,21)/t13-/m1/s1. The number of nitrogens with one attached hydrogen (secondary N) is 1. The van der Waals surface area contributed by atoms with E-state index in [1.165, 1.54) is 19.4 Å². The number of ether oxygens (including phenoxy) is 1. The number of piperidine rings is 1. The van der Waals surface area contributed by atoms with Gasteiger partial charge in [0.2, 0.25) is 17.1 Å². The zero-order valence-corrected chi connectivity index (χ0v) is 14.3. The van der Waals surface area contributed by atoms with Crippen LogP contribution in [0.1, 0.15) is 45.8 Å². The first-order chi connectivity index (χ1) is 10.8. The highest BCUT2D eigenvalue weighted by molar-refractivity contribution is 5.82. The highest BCUT2D eigenvalue weighted by Gasteiger charge is 2.31. The van der Waals surface area contributed by atoms with Gasteiger partial charge in [0.15, 0.2) is 0 Å². The number of nitrogens with zero attached hydrogens (tertiary/aromatic N) is 1. The summed E-state index contributed by atoms with van der Waals surface area (Å²) in [4.78, 5) is 26.4. The Kier molecular flexibility index (Phi) is 5.46. The predicted octanol–water partition coefficient (Wildman–Crippen LogP) is 1.92. The van der Waals surface area contributed by atoms with E-state index in [2.05, 4.69) is 10.2 Å². The second kappa shape index (κ2) is 7.17. The number of carbonyl (C=O) groups is 1. The molecule has 1 fully saturated rings. The molecule has 1 atom stereocenters. The van der Waals surface area contributed by atoms with E-state index in [-0.39, 0.29) is 28.7 Å². The minimum absolute atomic E-state index is 0.0352. The molecule has 2 rings (SSSR count). The first-order valence-corrected chi connectivity index (χ1v) is 8.02. The van der Waals surface area contributed by atoms with Gasteiger partial charge in [-0.05, 0) is 40.2 Å². The lowest BCUT2D eigenvalue weighted by Crippen LogP contribution is -2.53. The molecule has 0 aromatic carbocycles. The summed E-state index contributed by atoms with van der Waals surface area (Å²) in [6, 6.07) is 1.25. The summed E-state index contributed by atoms with van der Waals surface area (Å²) < 4.78 is 10.4. The first kappa shape index (κ1) is 17.5. The van der Waals surface area contributed by atoms with E-state index in [0.717, 1.165) is 25.8 Å². The van der Waals surface area contributed by atoms with E-state index >= 15 is 0 Å². The minimum atomic E-state index is -0.257. The molecule has 128 valence electrons. The van der Waals surface area contributed by atoms with E-state index in [1.807, 2.05) is 20.8 Å². The van der Waals surface area contributed by atoms with E-state index < -0.39 is 0 Å². The lowest BCUT2D eigenvalue weighted by molar-refractivity contribution is -0.129. The SMILES string of the molecule is COc1coc(CN2CCCC[C@@H]2C(=O)NC(C)(C)C)cc1=O. The smallest absolute Gasteiger partial charge is 0.237 e. The fraction of sp³-hybridized carbons (Fsp3) is 0.647. The van der Waals surface area contributed by atoms with Gasteiger partial charge in [0.25, 0.3) is 0 Å². The number of likely N-dealkylation sites (tertiary alicyclic amines) is 1. The van der Waals surface area contributed by atoms with Gasteiger partial charge in [0, 0.05) is 11.6 Å². The molecule has 2 heterocycles. The molecule has 1 aromatic rings.